The average Bonchev–Trinajstić information content (AvgIpc) is 4.34. The molecule has 0 saturated carbocycles. The smallest absolute Gasteiger partial charge is 0.145 e. The quantitative estimate of drug-likeness (QED) is 0.166. The topological polar surface area (TPSA) is 32.8 Å². The Labute approximate surface area is 444 Å². The third kappa shape index (κ3) is 6.37. The van der Waals surface area contributed by atoms with Crippen LogP contribution in [0.2, 0.25) is 0 Å². The van der Waals surface area contributed by atoms with Gasteiger partial charge in [-0.1, -0.05) is 175 Å². The van der Waals surface area contributed by atoms with E-state index < -0.39 is 5.41 Å². The lowest BCUT2D eigenvalue weighted by atomic mass is 9.70. The molecule has 0 aliphatic heterocycles. The van der Waals surface area contributed by atoms with Crippen molar-refractivity contribution < 1.29 is 8.83 Å². The van der Waals surface area contributed by atoms with Crippen molar-refractivity contribution in [2.45, 2.75) is 77.0 Å². The lowest BCUT2D eigenvalue weighted by Gasteiger charge is -2.34. The number of furan rings is 2. The van der Waals surface area contributed by atoms with Crippen LogP contribution in [0.25, 0.3) is 66.1 Å². The first-order chi connectivity index (χ1) is 37.0. The maximum Gasteiger partial charge on any atom is 0.145 e. The Balaban J connectivity index is 1.13. The summed E-state index contributed by atoms with van der Waals surface area (Å²) in [4.78, 5) is 4.99. The van der Waals surface area contributed by atoms with Crippen molar-refractivity contribution >= 4 is 78.0 Å². The Hall–Kier alpha value is -8.60. The summed E-state index contributed by atoms with van der Waals surface area (Å²) in [6.07, 6.45) is 3.38. The zero-order valence-corrected chi connectivity index (χ0v) is 44.0. The Bertz CT molecular complexity index is 4290. The SMILES string of the molecule is CC(C)(C)c1ccc(N(c2ccccc2)c2cc3c(c4oc5ccccc5c24)-c2c(cc(N(c4ccc(C(C)(C)C)cc4)c4ccc5c(c4)CCC5)c4c2oc2ccccc24)C32c3ccccc3-c3ccccc32)cc1. The van der Waals surface area contributed by atoms with Crippen LogP contribution in [0.3, 0.4) is 0 Å². The van der Waals surface area contributed by atoms with Gasteiger partial charge in [0, 0.05) is 44.6 Å². The summed E-state index contributed by atoms with van der Waals surface area (Å²) in [6.45, 7) is 13.7. The number of hydrogen-bond donors (Lipinski definition) is 0. The van der Waals surface area contributed by atoms with E-state index in [1.54, 1.807) is 0 Å². The number of aryl methyl sites for hydroxylation is 2. The summed E-state index contributed by atoms with van der Waals surface area (Å²) in [5, 5.41) is 4.29. The second-order valence-corrected chi connectivity index (χ2v) is 23.5. The molecule has 0 N–H and O–H groups in total. The van der Waals surface area contributed by atoms with Gasteiger partial charge >= 0.3 is 0 Å². The van der Waals surface area contributed by atoms with E-state index in [0.29, 0.717) is 0 Å². The molecule has 2 heterocycles. The normalized spacial score (nSPS) is 14.1. The molecule has 0 amide bonds. The molecule has 4 nitrogen and oxygen atoms in total. The van der Waals surface area contributed by atoms with Gasteiger partial charge in [0.25, 0.3) is 0 Å². The minimum absolute atomic E-state index is 0.00719. The van der Waals surface area contributed by atoms with Crippen molar-refractivity contribution in [3.8, 4) is 22.3 Å². The van der Waals surface area contributed by atoms with E-state index in [4.69, 9.17) is 8.83 Å². The summed E-state index contributed by atoms with van der Waals surface area (Å²) < 4.78 is 15.0. The number of fused-ring (bicyclic) bond motifs is 19. The lowest BCUT2D eigenvalue weighted by molar-refractivity contribution is 0.590. The van der Waals surface area contributed by atoms with E-state index in [1.165, 1.54) is 62.1 Å². The maximum atomic E-state index is 7.53. The minimum Gasteiger partial charge on any atom is -0.455 e. The molecule has 4 heteroatoms. The van der Waals surface area contributed by atoms with Gasteiger partial charge in [0.15, 0.2) is 0 Å². The molecule has 3 aliphatic rings. The van der Waals surface area contributed by atoms with E-state index in [2.05, 4.69) is 258 Å². The number of nitrogens with zero attached hydrogens (tertiary/aromatic N) is 2. The number of benzene rings is 10. The van der Waals surface area contributed by atoms with Crippen molar-refractivity contribution in [1.29, 1.82) is 0 Å². The molecule has 76 heavy (non-hydrogen) atoms. The molecule has 0 fully saturated rings. The predicted octanol–water partition coefficient (Wildman–Crippen LogP) is 19.9. The van der Waals surface area contributed by atoms with Crippen LogP contribution in [0.5, 0.6) is 0 Å². The van der Waals surface area contributed by atoms with Crippen molar-refractivity contribution in [2.75, 3.05) is 9.80 Å². The van der Waals surface area contributed by atoms with Crippen molar-refractivity contribution in [2.24, 2.45) is 0 Å². The first-order valence-electron chi connectivity index (χ1n) is 27.1. The molecule has 368 valence electrons. The molecule has 2 aromatic heterocycles. The third-order valence-corrected chi connectivity index (χ3v) is 17.1. The highest BCUT2D eigenvalue weighted by molar-refractivity contribution is 6.25. The summed E-state index contributed by atoms with van der Waals surface area (Å²) >= 11 is 0. The molecule has 0 saturated heterocycles. The Morgan fingerprint density at radius 2 is 0.803 bits per heavy atom. The molecule has 0 atom stereocenters. The van der Waals surface area contributed by atoms with Crippen LogP contribution in [0.15, 0.2) is 215 Å². The van der Waals surface area contributed by atoms with E-state index in [-0.39, 0.29) is 10.8 Å². The van der Waals surface area contributed by atoms with Crippen molar-refractivity contribution in [1.82, 2.24) is 0 Å². The van der Waals surface area contributed by atoms with Crippen LogP contribution >= 0.6 is 0 Å². The lowest BCUT2D eigenvalue weighted by Crippen LogP contribution is -2.26. The van der Waals surface area contributed by atoms with E-state index in [0.717, 1.165) is 102 Å². The fourth-order valence-corrected chi connectivity index (χ4v) is 13.5. The van der Waals surface area contributed by atoms with Gasteiger partial charge < -0.3 is 18.6 Å². The van der Waals surface area contributed by atoms with Gasteiger partial charge in [0.05, 0.1) is 27.6 Å². The number of rotatable bonds is 6. The van der Waals surface area contributed by atoms with Crippen LogP contribution in [0, 0.1) is 0 Å². The van der Waals surface area contributed by atoms with Gasteiger partial charge in [0.2, 0.25) is 0 Å². The van der Waals surface area contributed by atoms with Crippen LogP contribution in [0.1, 0.15) is 92.5 Å². The van der Waals surface area contributed by atoms with Gasteiger partial charge in [-0.2, -0.15) is 0 Å². The van der Waals surface area contributed by atoms with Gasteiger partial charge in [-0.05, 0) is 159 Å². The van der Waals surface area contributed by atoms with Crippen LogP contribution < -0.4 is 9.80 Å². The highest BCUT2D eigenvalue weighted by atomic mass is 16.3. The molecule has 3 aliphatic carbocycles. The minimum atomic E-state index is -0.792. The zero-order chi connectivity index (χ0) is 51.2. The molecule has 10 aromatic carbocycles. The molecular formula is C72H58N2O2. The summed E-state index contributed by atoms with van der Waals surface area (Å²) in [5.74, 6) is 0. The molecule has 0 radical (unpaired) electrons. The fourth-order valence-electron chi connectivity index (χ4n) is 13.5. The molecule has 0 bridgehead atoms. The summed E-state index contributed by atoms with van der Waals surface area (Å²) in [7, 11) is 0. The van der Waals surface area contributed by atoms with Crippen LogP contribution in [-0.2, 0) is 29.1 Å². The first kappa shape index (κ1) is 44.8. The monoisotopic (exact) mass is 982 g/mol. The van der Waals surface area contributed by atoms with Gasteiger partial charge in [-0.3, -0.25) is 0 Å². The van der Waals surface area contributed by atoms with Crippen molar-refractivity contribution in [3.63, 3.8) is 0 Å². The molecule has 12 aromatic rings. The number of hydrogen-bond acceptors (Lipinski definition) is 4. The number of anilines is 6. The molecular weight excluding hydrogens is 925 g/mol. The largest absolute Gasteiger partial charge is 0.455 e. The van der Waals surface area contributed by atoms with Crippen LogP contribution in [-0.4, -0.2) is 0 Å². The van der Waals surface area contributed by atoms with Gasteiger partial charge in [-0.15, -0.1) is 0 Å². The predicted molar refractivity (Wildman–Crippen MR) is 316 cm³/mol. The molecule has 1 spiro atoms. The average molecular weight is 983 g/mol. The van der Waals surface area contributed by atoms with E-state index in [9.17, 15) is 0 Å². The summed E-state index contributed by atoms with van der Waals surface area (Å²) in [6, 6.07) is 77.1. The third-order valence-electron chi connectivity index (χ3n) is 17.1. The summed E-state index contributed by atoms with van der Waals surface area (Å²) in [5.41, 5.74) is 24.1. The van der Waals surface area contributed by atoms with E-state index in [1.807, 2.05) is 0 Å². The zero-order valence-electron chi connectivity index (χ0n) is 44.0. The standard InChI is InChI=1S/C72H58N2O2/c1-70(2,3)46-32-37-49(38-33-46)73(48-21-8-7-9-22-48)60-42-58-66(68-64(60)54-25-12-16-29-62(54)75-68)67-59(72(58)56-27-14-10-23-52(56)53-24-11-15-28-57(53)72)43-61(65-55-26-13-17-30-63(55)76-69(65)67)74(50-39-34-47(35-40-50)71(4,5)6)51-36-31-44-19-18-20-45(44)41-51/h7-17,21-43H,18-20H2,1-6H3. The van der Waals surface area contributed by atoms with Gasteiger partial charge in [-0.25, -0.2) is 0 Å². The fraction of sp³-hybridized carbons (Fsp3) is 0.167. The second kappa shape index (κ2) is 16.2. The van der Waals surface area contributed by atoms with Crippen LogP contribution in [0.4, 0.5) is 34.1 Å². The second-order valence-electron chi connectivity index (χ2n) is 23.5. The maximum absolute atomic E-state index is 7.53. The van der Waals surface area contributed by atoms with Crippen molar-refractivity contribution in [3.05, 3.63) is 251 Å². The highest BCUT2D eigenvalue weighted by Crippen LogP contribution is 2.68. The van der Waals surface area contributed by atoms with E-state index >= 15 is 0 Å². The Morgan fingerprint density at radius 1 is 0.382 bits per heavy atom. The first-order valence-corrected chi connectivity index (χ1v) is 27.1. The molecule has 0 unspecified atom stereocenters. The Kier molecular flexibility index (Phi) is 9.56. The molecule has 15 rings (SSSR count). The number of para-hydroxylation sites is 3. The van der Waals surface area contributed by atoms with Gasteiger partial charge in [0.1, 0.15) is 22.3 Å². The Morgan fingerprint density at radius 3 is 1.32 bits per heavy atom. The highest BCUT2D eigenvalue weighted by Gasteiger charge is 2.55.